The van der Waals surface area contributed by atoms with Crippen molar-refractivity contribution in [1.29, 1.82) is 0 Å². The summed E-state index contributed by atoms with van der Waals surface area (Å²) in [5.74, 6) is -1.18. The van der Waals surface area contributed by atoms with Crippen molar-refractivity contribution in [3.63, 3.8) is 0 Å². The third-order valence-electron chi connectivity index (χ3n) is 6.25. The second-order valence-electron chi connectivity index (χ2n) is 8.22. The number of carbonyl (C=O) groups excluding carboxylic acids is 5. The Labute approximate surface area is 180 Å². The fourth-order valence-electron chi connectivity index (χ4n) is 4.34. The molecule has 1 unspecified atom stereocenters. The molecule has 5 amide bonds. The van der Waals surface area contributed by atoms with Crippen LogP contribution in [0.25, 0.3) is 0 Å². The van der Waals surface area contributed by atoms with Crippen molar-refractivity contribution in [2.45, 2.75) is 32.1 Å². The Morgan fingerprint density at radius 2 is 1.52 bits per heavy atom. The highest BCUT2D eigenvalue weighted by Crippen LogP contribution is 2.27. The summed E-state index contributed by atoms with van der Waals surface area (Å²) < 4.78 is 0. The highest BCUT2D eigenvalue weighted by atomic mass is 16.2. The van der Waals surface area contributed by atoms with Crippen LogP contribution in [-0.2, 0) is 30.4 Å². The molecule has 9 heteroatoms. The molecule has 164 valence electrons. The summed E-state index contributed by atoms with van der Waals surface area (Å²) in [5.41, 5.74) is 1.93. The fraction of sp³-hybridized carbons (Fsp3) is 0.500. The van der Waals surface area contributed by atoms with Crippen LogP contribution in [0.1, 0.15) is 31.2 Å². The molecule has 0 spiro atoms. The Bertz CT molecular complexity index is 906. The van der Waals surface area contributed by atoms with Crippen molar-refractivity contribution in [3.05, 3.63) is 29.8 Å². The van der Waals surface area contributed by atoms with Crippen molar-refractivity contribution >= 4 is 35.2 Å². The van der Waals surface area contributed by atoms with E-state index in [1.54, 1.807) is 9.80 Å². The van der Waals surface area contributed by atoms with E-state index in [9.17, 15) is 24.0 Å². The Morgan fingerprint density at radius 1 is 0.903 bits per heavy atom. The molecule has 31 heavy (non-hydrogen) atoms. The number of nitrogens with zero attached hydrogens (tertiary/aromatic N) is 3. The SMILES string of the molecule is O=C1Nc2ccccc2CC1CCC(=O)N1CCN(C(=O)CN2C(=O)CCC2=O)CC1. The number of piperazine rings is 1. The lowest BCUT2D eigenvalue weighted by molar-refractivity contribution is -0.147. The van der Waals surface area contributed by atoms with E-state index in [-0.39, 0.29) is 61.3 Å². The molecular weight excluding hydrogens is 400 g/mol. The summed E-state index contributed by atoms with van der Waals surface area (Å²) in [6.07, 6.45) is 1.73. The van der Waals surface area contributed by atoms with E-state index in [2.05, 4.69) is 5.32 Å². The number of rotatable bonds is 5. The number of nitrogens with one attached hydrogen (secondary N) is 1. The number of benzene rings is 1. The highest BCUT2D eigenvalue weighted by molar-refractivity contribution is 6.04. The molecule has 1 atom stereocenters. The zero-order chi connectivity index (χ0) is 22.0. The van der Waals surface area contributed by atoms with E-state index in [0.717, 1.165) is 16.2 Å². The van der Waals surface area contributed by atoms with Gasteiger partial charge in [0.15, 0.2) is 0 Å². The van der Waals surface area contributed by atoms with Gasteiger partial charge >= 0.3 is 0 Å². The second kappa shape index (κ2) is 8.87. The number of amides is 5. The van der Waals surface area contributed by atoms with Crippen molar-refractivity contribution in [2.24, 2.45) is 5.92 Å². The zero-order valence-electron chi connectivity index (χ0n) is 17.3. The molecule has 4 rings (SSSR count). The maximum Gasteiger partial charge on any atom is 0.242 e. The maximum atomic E-state index is 12.6. The van der Waals surface area contributed by atoms with Gasteiger partial charge in [-0.2, -0.15) is 0 Å². The van der Waals surface area contributed by atoms with E-state index in [1.165, 1.54) is 0 Å². The number of anilines is 1. The molecule has 0 saturated carbocycles. The molecule has 1 N–H and O–H groups in total. The Kier molecular flexibility index (Phi) is 6.01. The Balaban J connectivity index is 1.22. The third kappa shape index (κ3) is 4.60. The first-order chi connectivity index (χ1) is 14.9. The van der Waals surface area contributed by atoms with Gasteiger partial charge in [-0.25, -0.2) is 0 Å². The summed E-state index contributed by atoms with van der Waals surface area (Å²) in [6, 6.07) is 7.69. The number of fused-ring (bicyclic) bond motifs is 1. The third-order valence-corrected chi connectivity index (χ3v) is 6.25. The van der Waals surface area contributed by atoms with Crippen LogP contribution < -0.4 is 5.32 Å². The molecule has 1 aromatic rings. The minimum Gasteiger partial charge on any atom is -0.339 e. The van der Waals surface area contributed by atoms with Gasteiger partial charge in [0, 0.05) is 57.0 Å². The van der Waals surface area contributed by atoms with Crippen LogP contribution in [0.3, 0.4) is 0 Å². The average Bonchev–Trinajstić information content (AvgIpc) is 3.09. The van der Waals surface area contributed by atoms with Gasteiger partial charge in [-0.05, 0) is 24.5 Å². The summed E-state index contributed by atoms with van der Waals surface area (Å²) in [4.78, 5) is 65.1. The van der Waals surface area contributed by atoms with Crippen molar-refractivity contribution in [1.82, 2.24) is 14.7 Å². The van der Waals surface area contributed by atoms with E-state index in [0.29, 0.717) is 39.0 Å². The van der Waals surface area contributed by atoms with Gasteiger partial charge in [-0.1, -0.05) is 18.2 Å². The number of imide groups is 1. The standard InChI is InChI=1S/C22H26N4O5/c27-18(6-5-16-13-15-3-1-2-4-17(15)23-22(16)31)24-9-11-25(12-10-24)21(30)14-26-19(28)7-8-20(26)29/h1-4,16H,5-14H2,(H,23,31). The van der Waals surface area contributed by atoms with Gasteiger partial charge in [0.25, 0.3) is 0 Å². The quantitative estimate of drug-likeness (QED) is 0.686. The summed E-state index contributed by atoms with van der Waals surface area (Å²) in [7, 11) is 0. The second-order valence-corrected chi connectivity index (χ2v) is 8.22. The number of hydrogen-bond donors (Lipinski definition) is 1. The van der Waals surface area contributed by atoms with Crippen LogP contribution >= 0.6 is 0 Å². The summed E-state index contributed by atoms with van der Waals surface area (Å²) in [5, 5.41) is 2.91. The van der Waals surface area contributed by atoms with Crippen LogP contribution in [0.15, 0.2) is 24.3 Å². The molecule has 3 aliphatic heterocycles. The average molecular weight is 426 g/mol. The van der Waals surface area contributed by atoms with Gasteiger partial charge in [-0.15, -0.1) is 0 Å². The predicted molar refractivity (Wildman–Crippen MR) is 111 cm³/mol. The number of para-hydroxylation sites is 1. The van der Waals surface area contributed by atoms with Gasteiger partial charge < -0.3 is 15.1 Å². The normalized spacial score (nSPS) is 21.2. The molecule has 3 heterocycles. The van der Waals surface area contributed by atoms with E-state index in [1.807, 2.05) is 24.3 Å². The molecule has 2 fully saturated rings. The van der Waals surface area contributed by atoms with E-state index < -0.39 is 0 Å². The molecule has 9 nitrogen and oxygen atoms in total. The summed E-state index contributed by atoms with van der Waals surface area (Å²) in [6.45, 7) is 1.35. The molecule has 2 saturated heterocycles. The first kappa shape index (κ1) is 21.0. The monoisotopic (exact) mass is 426 g/mol. The highest BCUT2D eigenvalue weighted by Gasteiger charge is 2.33. The van der Waals surface area contributed by atoms with Crippen molar-refractivity contribution in [3.8, 4) is 0 Å². The topological polar surface area (TPSA) is 107 Å². The van der Waals surface area contributed by atoms with E-state index in [4.69, 9.17) is 0 Å². The summed E-state index contributed by atoms with van der Waals surface area (Å²) >= 11 is 0. The molecule has 0 aromatic heterocycles. The van der Waals surface area contributed by atoms with Crippen LogP contribution in [0, 0.1) is 5.92 Å². The maximum absolute atomic E-state index is 12.6. The smallest absolute Gasteiger partial charge is 0.242 e. The lowest BCUT2D eigenvalue weighted by Crippen LogP contribution is -2.53. The number of hydrogen-bond acceptors (Lipinski definition) is 5. The molecule has 3 aliphatic rings. The van der Waals surface area contributed by atoms with Gasteiger partial charge in [-0.3, -0.25) is 28.9 Å². The molecule has 0 bridgehead atoms. The fourth-order valence-corrected chi connectivity index (χ4v) is 4.34. The Hall–Kier alpha value is -3.23. The number of likely N-dealkylation sites (tertiary alicyclic amines) is 1. The number of carbonyl (C=O) groups is 5. The Morgan fingerprint density at radius 3 is 2.19 bits per heavy atom. The van der Waals surface area contributed by atoms with Crippen LogP contribution in [-0.4, -0.2) is 77.0 Å². The van der Waals surface area contributed by atoms with Crippen molar-refractivity contribution in [2.75, 3.05) is 38.0 Å². The minimum atomic E-state index is -0.304. The first-order valence-electron chi connectivity index (χ1n) is 10.7. The van der Waals surface area contributed by atoms with Gasteiger partial charge in [0.2, 0.25) is 29.5 Å². The van der Waals surface area contributed by atoms with E-state index >= 15 is 0 Å². The first-order valence-corrected chi connectivity index (χ1v) is 10.7. The van der Waals surface area contributed by atoms with Crippen LogP contribution in [0.2, 0.25) is 0 Å². The zero-order valence-corrected chi connectivity index (χ0v) is 17.3. The van der Waals surface area contributed by atoms with Crippen molar-refractivity contribution < 1.29 is 24.0 Å². The molecular formula is C22H26N4O5. The molecule has 0 aliphatic carbocycles. The van der Waals surface area contributed by atoms with Gasteiger partial charge in [0.05, 0.1) is 0 Å². The van der Waals surface area contributed by atoms with Crippen LogP contribution in [0.4, 0.5) is 5.69 Å². The minimum absolute atomic E-state index is 0.0244. The largest absolute Gasteiger partial charge is 0.339 e. The lowest BCUT2D eigenvalue weighted by Gasteiger charge is -2.35. The lowest BCUT2D eigenvalue weighted by atomic mass is 9.89. The van der Waals surface area contributed by atoms with Crippen LogP contribution in [0.5, 0.6) is 0 Å². The molecule has 0 radical (unpaired) electrons. The molecule has 1 aromatic carbocycles. The van der Waals surface area contributed by atoms with Gasteiger partial charge in [0.1, 0.15) is 6.54 Å². The predicted octanol–water partition coefficient (Wildman–Crippen LogP) is 0.397.